The van der Waals surface area contributed by atoms with Crippen LogP contribution < -0.4 is 0 Å². The standard InChI is InChI=1S/C32H27NO5S/c34-22-31-30(25-12-6-2-7-13-25)20-26(24-10-4-1-5-11-24)21-32(31,27-14-8-3-9-15-27)23-39(37,38)29-18-16-28(17-19-29)33(35)36/h1-19,21-22,30-31H,20,23H2/t30-,31-,32-/m1/s1. The number of carbonyl (C=O) groups is 1. The minimum Gasteiger partial charge on any atom is -0.303 e. The molecule has 4 aromatic rings. The number of hydrogen-bond acceptors (Lipinski definition) is 5. The molecule has 0 N–H and O–H groups in total. The molecule has 0 radical (unpaired) electrons. The van der Waals surface area contributed by atoms with E-state index < -0.39 is 26.1 Å². The van der Waals surface area contributed by atoms with Crippen molar-refractivity contribution in [3.8, 4) is 0 Å². The molecule has 39 heavy (non-hydrogen) atoms. The molecule has 0 spiro atoms. The second-order valence-corrected chi connectivity index (χ2v) is 11.8. The highest BCUT2D eigenvalue weighted by molar-refractivity contribution is 7.91. The first-order chi connectivity index (χ1) is 18.8. The summed E-state index contributed by atoms with van der Waals surface area (Å²) in [6.45, 7) is 0. The number of aldehydes is 1. The Balaban J connectivity index is 1.74. The predicted octanol–water partition coefficient (Wildman–Crippen LogP) is 6.39. The lowest BCUT2D eigenvalue weighted by Crippen LogP contribution is -2.46. The summed E-state index contributed by atoms with van der Waals surface area (Å²) in [6.07, 6.45) is 3.44. The van der Waals surface area contributed by atoms with E-state index in [-0.39, 0.29) is 22.3 Å². The molecule has 0 aliphatic heterocycles. The van der Waals surface area contributed by atoms with Crippen LogP contribution >= 0.6 is 0 Å². The van der Waals surface area contributed by atoms with Gasteiger partial charge < -0.3 is 4.79 Å². The Bertz CT molecular complexity index is 1600. The average molecular weight is 538 g/mol. The molecule has 0 saturated heterocycles. The lowest BCUT2D eigenvalue weighted by molar-refractivity contribution is -0.384. The summed E-state index contributed by atoms with van der Waals surface area (Å²) < 4.78 is 28.0. The number of benzene rings is 4. The maximum absolute atomic E-state index is 14.0. The van der Waals surface area contributed by atoms with Crippen molar-refractivity contribution in [2.45, 2.75) is 22.6 Å². The summed E-state index contributed by atoms with van der Waals surface area (Å²) in [6, 6.07) is 33.7. The van der Waals surface area contributed by atoms with E-state index in [9.17, 15) is 23.3 Å². The molecule has 1 aliphatic carbocycles. The second kappa shape index (κ2) is 10.8. The number of allylic oxidation sites excluding steroid dienone is 2. The Morgan fingerprint density at radius 1 is 0.821 bits per heavy atom. The van der Waals surface area contributed by atoms with E-state index in [1.807, 2.05) is 97.1 Å². The minimum atomic E-state index is -3.99. The van der Waals surface area contributed by atoms with E-state index in [0.717, 1.165) is 28.5 Å². The first-order valence-electron chi connectivity index (χ1n) is 12.6. The summed E-state index contributed by atoms with van der Waals surface area (Å²) in [4.78, 5) is 23.6. The normalized spacial score (nSPS) is 21.1. The third-order valence-electron chi connectivity index (χ3n) is 7.57. The molecule has 0 fully saturated rings. The Morgan fingerprint density at radius 2 is 1.38 bits per heavy atom. The van der Waals surface area contributed by atoms with Crippen molar-refractivity contribution < 1.29 is 18.1 Å². The predicted molar refractivity (Wildman–Crippen MR) is 151 cm³/mol. The molecule has 5 rings (SSSR count). The Morgan fingerprint density at radius 3 is 1.95 bits per heavy atom. The maximum atomic E-state index is 14.0. The van der Waals surface area contributed by atoms with Gasteiger partial charge in [0.1, 0.15) is 6.29 Å². The van der Waals surface area contributed by atoms with Crippen LogP contribution in [-0.4, -0.2) is 25.4 Å². The molecule has 4 aromatic carbocycles. The lowest BCUT2D eigenvalue weighted by Gasteiger charge is -2.45. The molecule has 196 valence electrons. The lowest BCUT2D eigenvalue weighted by atomic mass is 9.59. The molecule has 0 heterocycles. The number of nitrogens with zero attached hydrogens (tertiary/aromatic N) is 1. The van der Waals surface area contributed by atoms with Crippen LogP contribution in [0, 0.1) is 16.0 Å². The van der Waals surface area contributed by atoms with Gasteiger partial charge >= 0.3 is 0 Å². The fraction of sp³-hybridized carbons (Fsp3) is 0.156. The van der Waals surface area contributed by atoms with Gasteiger partial charge in [-0.15, -0.1) is 0 Å². The molecule has 3 atom stereocenters. The fourth-order valence-corrected chi connectivity index (χ4v) is 7.49. The van der Waals surface area contributed by atoms with Crippen LogP contribution in [0.5, 0.6) is 0 Å². The molecular weight excluding hydrogens is 510 g/mol. The maximum Gasteiger partial charge on any atom is 0.269 e. The SMILES string of the molecule is O=C[C@@H]1[C@@H](c2ccccc2)CC(c2ccccc2)=C[C@@]1(CS(=O)(=O)c1ccc([N+](=O)[O-])cc1)c1ccccc1. The van der Waals surface area contributed by atoms with Crippen LogP contribution in [0.25, 0.3) is 5.57 Å². The van der Waals surface area contributed by atoms with Crippen molar-refractivity contribution in [1.29, 1.82) is 0 Å². The smallest absolute Gasteiger partial charge is 0.269 e. The van der Waals surface area contributed by atoms with Crippen LogP contribution in [0.15, 0.2) is 126 Å². The zero-order valence-electron chi connectivity index (χ0n) is 21.1. The summed E-state index contributed by atoms with van der Waals surface area (Å²) in [5.74, 6) is -1.32. The van der Waals surface area contributed by atoms with Crippen LogP contribution in [0.3, 0.4) is 0 Å². The second-order valence-electron chi connectivity index (χ2n) is 9.84. The van der Waals surface area contributed by atoms with Crippen molar-refractivity contribution in [1.82, 2.24) is 0 Å². The molecule has 0 saturated carbocycles. The van der Waals surface area contributed by atoms with Gasteiger partial charge in [0.25, 0.3) is 5.69 Å². The molecule has 0 unspecified atom stereocenters. The van der Waals surface area contributed by atoms with Crippen LogP contribution in [0.2, 0.25) is 0 Å². The molecule has 1 aliphatic rings. The van der Waals surface area contributed by atoms with Gasteiger partial charge in [-0.3, -0.25) is 10.1 Å². The molecule has 0 aromatic heterocycles. The number of hydrogen-bond donors (Lipinski definition) is 0. The van der Waals surface area contributed by atoms with Gasteiger partial charge in [0.05, 0.1) is 15.6 Å². The topological polar surface area (TPSA) is 94.3 Å². The van der Waals surface area contributed by atoms with Crippen LogP contribution in [-0.2, 0) is 20.0 Å². The number of sulfone groups is 1. The highest BCUT2D eigenvalue weighted by Crippen LogP contribution is 2.51. The minimum absolute atomic E-state index is 0.0236. The van der Waals surface area contributed by atoms with Gasteiger partial charge in [-0.25, -0.2) is 8.42 Å². The zero-order chi connectivity index (χ0) is 27.5. The Hall–Kier alpha value is -4.36. The van der Waals surface area contributed by atoms with Gasteiger partial charge in [-0.1, -0.05) is 97.1 Å². The quantitative estimate of drug-likeness (QED) is 0.147. The van der Waals surface area contributed by atoms with Crippen molar-refractivity contribution >= 4 is 27.4 Å². The highest BCUT2D eigenvalue weighted by Gasteiger charge is 2.49. The first-order valence-corrected chi connectivity index (χ1v) is 14.3. The van der Waals surface area contributed by atoms with E-state index in [1.165, 1.54) is 24.3 Å². The van der Waals surface area contributed by atoms with Crippen molar-refractivity contribution in [3.05, 3.63) is 148 Å². The monoisotopic (exact) mass is 537 g/mol. The summed E-state index contributed by atoms with van der Waals surface area (Å²) in [5, 5.41) is 11.1. The third kappa shape index (κ3) is 5.18. The van der Waals surface area contributed by atoms with Crippen molar-refractivity contribution in [3.63, 3.8) is 0 Å². The van der Waals surface area contributed by atoms with Gasteiger partial charge in [0.15, 0.2) is 9.84 Å². The molecular formula is C32H27NO5S. The summed E-state index contributed by atoms with van der Waals surface area (Å²) in [7, 11) is -3.99. The van der Waals surface area contributed by atoms with Crippen molar-refractivity contribution in [2.24, 2.45) is 5.92 Å². The van der Waals surface area contributed by atoms with Crippen molar-refractivity contribution in [2.75, 3.05) is 5.75 Å². The van der Waals surface area contributed by atoms with Crippen LogP contribution in [0.1, 0.15) is 29.0 Å². The van der Waals surface area contributed by atoms with E-state index in [1.54, 1.807) is 0 Å². The van der Waals surface area contributed by atoms with Gasteiger partial charge in [0, 0.05) is 23.5 Å². The van der Waals surface area contributed by atoms with E-state index in [4.69, 9.17) is 0 Å². The molecule has 0 bridgehead atoms. The number of nitro benzene ring substituents is 1. The van der Waals surface area contributed by atoms with E-state index in [2.05, 4.69) is 0 Å². The number of rotatable bonds is 8. The summed E-state index contributed by atoms with van der Waals surface area (Å²) >= 11 is 0. The number of carbonyl (C=O) groups excluding carboxylic acids is 1. The van der Waals surface area contributed by atoms with E-state index in [0.29, 0.717) is 6.42 Å². The first kappa shape index (κ1) is 26.3. The number of nitro groups is 1. The van der Waals surface area contributed by atoms with Gasteiger partial charge in [-0.2, -0.15) is 0 Å². The average Bonchev–Trinajstić information content (AvgIpc) is 2.98. The molecule has 7 heteroatoms. The van der Waals surface area contributed by atoms with E-state index >= 15 is 0 Å². The van der Waals surface area contributed by atoms with Gasteiger partial charge in [0.2, 0.25) is 0 Å². The highest BCUT2D eigenvalue weighted by atomic mass is 32.2. The van der Waals surface area contributed by atoms with Crippen LogP contribution in [0.4, 0.5) is 5.69 Å². The zero-order valence-corrected chi connectivity index (χ0v) is 21.9. The Labute approximate surface area is 227 Å². The Kier molecular flexibility index (Phi) is 7.26. The summed E-state index contributed by atoms with van der Waals surface area (Å²) in [5.41, 5.74) is 2.24. The number of non-ortho nitro benzene ring substituents is 1. The molecule has 0 amide bonds. The largest absolute Gasteiger partial charge is 0.303 e. The third-order valence-corrected chi connectivity index (χ3v) is 9.41. The molecule has 6 nitrogen and oxygen atoms in total. The fourth-order valence-electron chi connectivity index (χ4n) is 5.70. The van der Waals surface area contributed by atoms with Gasteiger partial charge in [-0.05, 0) is 46.7 Å².